The van der Waals surface area contributed by atoms with Crippen molar-refractivity contribution in [3.8, 4) is 6.07 Å². The van der Waals surface area contributed by atoms with E-state index < -0.39 is 5.92 Å². The first-order valence-corrected chi connectivity index (χ1v) is 5.37. The molecular weight excluding hydrogens is 210 g/mol. The minimum absolute atomic E-state index is 0.153. The van der Waals surface area contributed by atoms with Gasteiger partial charge in [-0.2, -0.15) is 5.26 Å². The number of Topliss-reactive ketones (excluding diaryl/α,β-unsaturated/α-hetero) is 1. The molecule has 2 aromatic carbocycles. The van der Waals surface area contributed by atoms with Crippen LogP contribution in [0.5, 0.6) is 0 Å². The van der Waals surface area contributed by atoms with Gasteiger partial charge >= 0.3 is 0 Å². The highest BCUT2D eigenvalue weighted by atomic mass is 16.1. The molecule has 0 heterocycles. The van der Waals surface area contributed by atoms with E-state index in [-0.39, 0.29) is 5.78 Å². The van der Waals surface area contributed by atoms with Gasteiger partial charge in [0.25, 0.3) is 0 Å². The zero-order valence-corrected chi connectivity index (χ0v) is 9.21. The Balaban J connectivity index is 2.33. The third kappa shape index (κ3) is 2.40. The summed E-state index contributed by atoms with van der Waals surface area (Å²) in [5.41, 5.74) is 1.31. The number of carbonyl (C=O) groups is 1. The number of nitriles is 1. The van der Waals surface area contributed by atoms with Crippen molar-refractivity contribution < 1.29 is 4.79 Å². The molecule has 0 N–H and O–H groups in total. The number of hydrogen-bond donors (Lipinski definition) is 0. The Hall–Kier alpha value is -2.40. The van der Waals surface area contributed by atoms with Crippen LogP contribution < -0.4 is 0 Å². The van der Waals surface area contributed by atoms with Gasteiger partial charge in [0.05, 0.1) is 6.07 Å². The maximum absolute atomic E-state index is 12.2. The monoisotopic (exact) mass is 221 g/mol. The predicted octanol–water partition coefficient (Wildman–Crippen LogP) is 3.18. The maximum atomic E-state index is 12.2. The molecule has 0 bridgehead atoms. The third-order valence-electron chi connectivity index (χ3n) is 2.58. The Kier molecular flexibility index (Phi) is 3.32. The maximum Gasteiger partial charge on any atom is 0.184 e. The third-order valence-corrected chi connectivity index (χ3v) is 2.58. The fourth-order valence-corrected chi connectivity index (χ4v) is 1.70. The summed E-state index contributed by atoms with van der Waals surface area (Å²) in [7, 11) is 0. The summed E-state index contributed by atoms with van der Waals surface area (Å²) in [5.74, 6) is -0.877. The lowest BCUT2D eigenvalue weighted by atomic mass is 9.92. The highest BCUT2D eigenvalue weighted by molar-refractivity contribution is 6.02. The van der Waals surface area contributed by atoms with Crippen LogP contribution in [0.1, 0.15) is 21.8 Å². The Bertz CT molecular complexity index is 540. The standard InChI is InChI=1S/C15H11NO/c16-11-14(12-7-3-1-4-8-12)15(17)13-9-5-2-6-10-13/h1-10,14H/t14-/m0/s1. The first-order valence-electron chi connectivity index (χ1n) is 5.37. The number of ketones is 1. The fraction of sp³-hybridized carbons (Fsp3) is 0.0667. The van der Waals surface area contributed by atoms with Crippen molar-refractivity contribution in [3.63, 3.8) is 0 Å². The van der Waals surface area contributed by atoms with Crippen molar-refractivity contribution in [3.05, 3.63) is 71.8 Å². The minimum Gasteiger partial charge on any atom is -0.292 e. The largest absolute Gasteiger partial charge is 0.292 e. The van der Waals surface area contributed by atoms with Gasteiger partial charge in [0.2, 0.25) is 0 Å². The molecule has 2 nitrogen and oxygen atoms in total. The highest BCUT2D eigenvalue weighted by Gasteiger charge is 2.20. The molecule has 0 saturated heterocycles. The molecule has 2 rings (SSSR count). The fourth-order valence-electron chi connectivity index (χ4n) is 1.70. The first-order chi connectivity index (χ1) is 8.33. The molecule has 0 spiro atoms. The van der Waals surface area contributed by atoms with Crippen molar-refractivity contribution in [2.75, 3.05) is 0 Å². The minimum atomic E-state index is -0.724. The van der Waals surface area contributed by atoms with Gasteiger partial charge < -0.3 is 0 Å². The number of benzene rings is 2. The van der Waals surface area contributed by atoms with Crippen LogP contribution in [0, 0.1) is 11.3 Å². The topological polar surface area (TPSA) is 40.9 Å². The van der Waals surface area contributed by atoms with Crippen LogP contribution >= 0.6 is 0 Å². The normalized spacial score (nSPS) is 11.5. The predicted molar refractivity (Wildman–Crippen MR) is 65.6 cm³/mol. The van der Waals surface area contributed by atoms with E-state index in [1.807, 2.05) is 24.3 Å². The van der Waals surface area contributed by atoms with Gasteiger partial charge in [0, 0.05) is 5.56 Å². The molecule has 0 amide bonds. The molecule has 0 unspecified atom stereocenters. The summed E-state index contributed by atoms with van der Waals surface area (Å²) in [6.45, 7) is 0. The van der Waals surface area contributed by atoms with Crippen molar-refractivity contribution in [2.45, 2.75) is 5.92 Å². The lowest BCUT2D eigenvalue weighted by Gasteiger charge is -2.08. The molecule has 0 aliphatic rings. The zero-order valence-electron chi connectivity index (χ0n) is 9.21. The Morgan fingerprint density at radius 1 is 0.941 bits per heavy atom. The van der Waals surface area contributed by atoms with E-state index in [1.165, 1.54) is 0 Å². The summed E-state index contributed by atoms with van der Waals surface area (Å²) in [4.78, 5) is 12.2. The molecular formula is C15H11NO. The van der Waals surface area contributed by atoms with E-state index in [9.17, 15) is 4.79 Å². The average molecular weight is 221 g/mol. The van der Waals surface area contributed by atoms with Gasteiger partial charge in [-0.15, -0.1) is 0 Å². The number of carbonyl (C=O) groups excluding carboxylic acids is 1. The first kappa shape index (κ1) is 11.1. The Morgan fingerprint density at radius 3 is 2.00 bits per heavy atom. The van der Waals surface area contributed by atoms with Crippen LogP contribution in [0.2, 0.25) is 0 Å². The SMILES string of the molecule is N#C[C@H](C(=O)c1ccccc1)c1ccccc1. The smallest absolute Gasteiger partial charge is 0.184 e. The quantitative estimate of drug-likeness (QED) is 0.747. The molecule has 0 saturated carbocycles. The lowest BCUT2D eigenvalue weighted by Crippen LogP contribution is -2.10. The number of rotatable bonds is 3. The van der Waals surface area contributed by atoms with Gasteiger partial charge in [-0.1, -0.05) is 60.7 Å². The zero-order chi connectivity index (χ0) is 12.1. The van der Waals surface area contributed by atoms with Crippen LogP contribution in [-0.4, -0.2) is 5.78 Å². The second-order valence-electron chi connectivity index (χ2n) is 3.70. The van der Waals surface area contributed by atoms with Gasteiger partial charge in [0.15, 0.2) is 5.78 Å². The van der Waals surface area contributed by atoms with Gasteiger partial charge in [-0.3, -0.25) is 4.79 Å². The molecule has 0 radical (unpaired) electrons. The van der Waals surface area contributed by atoms with Crippen LogP contribution in [-0.2, 0) is 0 Å². The summed E-state index contributed by atoms with van der Waals surface area (Å²) in [6.07, 6.45) is 0. The Labute approximate surface area is 100 Å². The van der Waals surface area contributed by atoms with E-state index in [1.54, 1.807) is 36.4 Å². The number of hydrogen-bond acceptors (Lipinski definition) is 2. The second-order valence-corrected chi connectivity index (χ2v) is 3.70. The molecule has 0 aliphatic carbocycles. The van der Waals surface area contributed by atoms with Crippen molar-refractivity contribution >= 4 is 5.78 Å². The van der Waals surface area contributed by atoms with E-state index in [4.69, 9.17) is 5.26 Å². The molecule has 2 heteroatoms. The molecule has 0 aromatic heterocycles. The molecule has 17 heavy (non-hydrogen) atoms. The van der Waals surface area contributed by atoms with Crippen LogP contribution in [0.3, 0.4) is 0 Å². The number of nitrogens with zero attached hydrogens (tertiary/aromatic N) is 1. The molecule has 2 aromatic rings. The van der Waals surface area contributed by atoms with Crippen LogP contribution in [0.15, 0.2) is 60.7 Å². The van der Waals surface area contributed by atoms with Crippen LogP contribution in [0.4, 0.5) is 0 Å². The Morgan fingerprint density at radius 2 is 1.47 bits per heavy atom. The van der Waals surface area contributed by atoms with E-state index in [0.29, 0.717) is 5.56 Å². The molecule has 82 valence electrons. The van der Waals surface area contributed by atoms with E-state index in [0.717, 1.165) is 5.56 Å². The van der Waals surface area contributed by atoms with E-state index in [2.05, 4.69) is 6.07 Å². The van der Waals surface area contributed by atoms with Gasteiger partial charge in [-0.25, -0.2) is 0 Å². The van der Waals surface area contributed by atoms with Crippen molar-refractivity contribution in [1.82, 2.24) is 0 Å². The molecule has 0 aliphatic heterocycles. The van der Waals surface area contributed by atoms with E-state index >= 15 is 0 Å². The van der Waals surface area contributed by atoms with Crippen molar-refractivity contribution in [2.24, 2.45) is 0 Å². The van der Waals surface area contributed by atoms with Crippen LogP contribution in [0.25, 0.3) is 0 Å². The average Bonchev–Trinajstić information content (AvgIpc) is 2.42. The molecule has 0 fully saturated rings. The summed E-state index contributed by atoms with van der Waals surface area (Å²) in [5, 5.41) is 9.14. The summed E-state index contributed by atoms with van der Waals surface area (Å²) < 4.78 is 0. The summed E-state index contributed by atoms with van der Waals surface area (Å²) in [6, 6.07) is 20.1. The van der Waals surface area contributed by atoms with Gasteiger partial charge in [0.1, 0.15) is 5.92 Å². The summed E-state index contributed by atoms with van der Waals surface area (Å²) >= 11 is 0. The highest BCUT2D eigenvalue weighted by Crippen LogP contribution is 2.19. The van der Waals surface area contributed by atoms with Crippen molar-refractivity contribution in [1.29, 1.82) is 5.26 Å². The van der Waals surface area contributed by atoms with Gasteiger partial charge in [-0.05, 0) is 5.56 Å². The molecule has 1 atom stereocenters. The second kappa shape index (κ2) is 5.09. The lowest BCUT2D eigenvalue weighted by molar-refractivity contribution is 0.0979.